The quantitative estimate of drug-likeness (QED) is 0.702. The van der Waals surface area contributed by atoms with Crippen molar-refractivity contribution >= 4 is 5.91 Å². The summed E-state index contributed by atoms with van der Waals surface area (Å²) in [5, 5.41) is 2.79. The molecule has 0 saturated heterocycles. The Morgan fingerprint density at radius 2 is 2.14 bits per heavy atom. The maximum atomic E-state index is 11.8. The smallest absolute Gasteiger partial charge is 0.258 e. The third kappa shape index (κ3) is 6.01. The zero-order valence-electron chi connectivity index (χ0n) is 12.8. The van der Waals surface area contributed by atoms with E-state index in [1.54, 1.807) is 26.4 Å². The van der Waals surface area contributed by atoms with E-state index in [0.717, 1.165) is 11.3 Å². The average molecular weight is 296 g/mol. The molecule has 21 heavy (non-hydrogen) atoms. The fourth-order valence-electron chi connectivity index (χ4n) is 1.93. The molecule has 0 aromatic heterocycles. The molecule has 1 rings (SSSR count). The van der Waals surface area contributed by atoms with E-state index in [4.69, 9.17) is 19.9 Å². The number of nitrogens with two attached hydrogens (primary N) is 1. The summed E-state index contributed by atoms with van der Waals surface area (Å²) in [6.07, 6.45) is 0.661. The molecule has 0 aliphatic carbocycles. The van der Waals surface area contributed by atoms with Gasteiger partial charge < -0.3 is 25.3 Å². The number of rotatable bonds is 9. The predicted octanol–water partition coefficient (Wildman–Crippen LogP) is 0.726. The molecule has 6 nitrogen and oxygen atoms in total. The van der Waals surface area contributed by atoms with Gasteiger partial charge in [0.05, 0.1) is 13.7 Å². The van der Waals surface area contributed by atoms with Gasteiger partial charge in [-0.3, -0.25) is 4.79 Å². The van der Waals surface area contributed by atoms with E-state index in [2.05, 4.69) is 5.32 Å². The first-order chi connectivity index (χ1) is 10.1. The van der Waals surface area contributed by atoms with Gasteiger partial charge in [0, 0.05) is 13.2 Å². The SMILES string of the molecule is COCC(C)NC(=O)COc1ccc(OC)cc1CCN. The lowest BCUT2D eigenvalue weighted by atomic mass is 10.1. The number of hydrogen-bond donors (Lipinski definition) is 2. The summed E-state index contributed by atoms with van der Waals surface area (Å²) in [5.41, 5.74) is 6.51. The van der Waals surface area contributed by atoms with Gasteiger partial charge in [-0.2, -0.15) is 0 Å². The van der Waals surface area contributed by atoms with Crippen molar-refractivity contribution in [1.82, 2.24) is 5.32 Å². The Kier molecular flexibility index (Phi) is 7.56. The van der Waals surface area contributed by atoms with Crippen molar-refractivity contribution < 1.29 is 19.0 Å². The summed E-state index contributed by atoms with van der Waals surface area (Å²) in [4.78, 5) is 11.8. The van der Waals surface area contributed by atoms with E-state index >= 15 is 0 Å². The Morgan fingerprint density at radius 1 is 1.38 bits per heavy atom. The largest absolute Gasteiger partial charge is 0.497 e. The van der Waals surface area contributed by atoms with Gasteiger partial charge in [-0.15, -0.1) is 0 Å². The van der Waals surface area contributed by atoms with Crippen LogP contribution >= 0.6 is 0 Å². The Bertz CT molecular complexity index is 451. The van der Waals surface area contributed by atoms with Crippen LogP contribution in [0, 0.1) is 0 Å². The summed E-state index contributed by atoms with van der Waals surface area (Å²) in [6.45, 7) is 2.79. The van der Waals surface area contributed by atoms with Gasteiger partial charge >= 0.3 is 0 Å². The molecule has 0 saturated carbocycles. The minimum absolute atomic E-state index is 0.0437. The van der Waals surface area contributed by atoms with Crippen LogP contribution < -0.4 is 20.5 Å². The third-order valence-corrected chi connectivity index (χ3v) is 2.86. The van der Waals surface area contributed by atoms with Crippen LogP contribution in [0.5, 0.6) is 11.5 Å². The predicted molar refractivity (Wildman–Crippen MR) is 80.7 cm³/mol. The van der Waals surface area contributed by atoms with Gasteiger partial charge in [0.2, 0.25) is 0 Å². The molecular weight excluding hydrogens is 272 g/mol. The van der Waals surface area contributed by atoms with E-state index in [-0.39, 0.29) is 18.6 Å². The molecule has 0 bridgehead atoms. The van der Waals surface area contributed by atoms with Crippen molar-refractivity contribution in [1.29, 1.82) is 0 Å². The standard InChI is InChI=1S/C15H24N2O4/c1-11(9-19-2)17-15(18)10-21-14-5-4-13(20-3)8-12(14)6-7-16/h4-5,8,11H,6-7,9-10,16H2,1-3H3,(H,17,18). The number of carbonyl (C=O) groups excluding carboxylic acids is 1. The molecule has 118 valence electrons. The number of ether oxygens (including phenoxy) is 3. The lowest BCUT2D eigenvalue weighted by Crippen LogP contribution is -2.38. The van der Waals surface area contributed by atoms with E-state index in [9.17, 15) is 4.79 Å². The first-order valence-corrected chi connectivity index (χ1v) is 6.88. The van der Waals surface area contributed by atoms with Gasteiger partial charge in [-0.1, -0.05) is 0 Å². The monoisotopic (exact) mass is 296 g/mol. The Labute approximate surface area is 125 Å². The molecule has 1 unspecified atom stereocenters. The second-order valence-corrected chi connectivity index (χ2v) is 4.72. The van der Waals surface area contributed by atoms with Gasteiger partial charge in [-0.05, 0) is 43.7 Å². The van der Waals surface area contributed by atoms with Crippen LogP contribution in [0.1, 0.15) is 12.5 Å². The minimum Gasteiger partial charge on any atom is -0.497 e. The zero-order chi connectivity index (χ0) is 15.7. The van der Waals surface area contributed by atoms with E-state index in [0.29, 0.717) is 25.3 Å². The van der Waals surface area contributed by atoms with Gasteiger partial charge in [0.25, 0.3) is 5.91 Å². The van der Waals surface area contributed by atoms with Crippen LogP contribution in [0.3, 0.4) is 0 Å². The van der Waals surface area contributed by atoms with E-state index in [1.165, 1.54) is 0 Å². The van der Waals surface area contributed by atoms with Crippen LogP contribution in [0.4, 0.5) is 0 Å². The molecule has 1 aromatic carbocycles. The Balaban J connectivity index is 2.59. The highest BCUT2D eigenvalue weighted by molar-refractivity contribution is 5.77. The Hall–Kier alpha value is -1.79. The highest BCUT2D eigenvalue weighted by Crippen LogP contribution is 2.24. The number of amides is 1. The fraction of sp³-hybridized carbons (Fsp3) is 0.533. The molecule has 1 amide bonds. The van der Waals surface area contributed by atoms with E-state index in [1.807, 2.05) is 13.0 Å². The maximum Gasteiger partial charge on any atom is 0.258 e. The van der Waals surface area contributed by atoms with Gasteiger partial charge in [-0.25, -0.2) is 0 Å². The number of methoxy groups -OCH3 is 2. The highest BCUT2D eigenvalue weighted by Gasteiger charge is 2.10. The van der Waals surface area contributed by atoms with Crippen molar-refractivity contribution in [2.24, 2.45) is 5.73 Å². The summed E-state index contributed by atoms with van der Waals surface area (Å²) in [7, 11) is 3.20. The normalized spacial score (nSPS) is 11.8. The number of carbonyl (C=O) groups is 1. The molecule has 6 heteroatoms. The second-order valence-electron chi connectivity index (χ2n) is 4.72. The maximum absolute atomic E-state index is 11.8. The first-order valence-electron chi connectivity index (χ1n) is 6.88. The average Bonchev–Trinajstić information content (AvgIpc) is 2.46. The molecule has 3 N–H and O–H groups in total. The van der Waals surface area contributed by atoms with Crippen molar-refractivity contribution in [3.8, 4) is 11.5 Å². The molecular formula is C15H24N2O4. The highest BCUT2D eigenvalue weighted by atomic mass is 16.5. The van der Waals surface area contributed by atoms with Crippen LogP contribution in [-0.4, -0.2) is 45.9 Å². The summed E-state index contributed by atoms with van der Waals surface area (Å²) in [6, 6.07) is 5.40. The molecule has 0 radical (unpaired) electrons. The van der Waals surface area contributed by atoms with Gasteiger partial charge in [0.15, 0.2) is 6.61 Å². The van der Waals surface area contributed by atoms with Crippen molar-refractivity contribution in [2.75, 3.05) is 34.0 Å². The van der Waals surface area contributed by atoms with E-state index < -0.39 is 0 Å². The molecule has 1 aromatic rings. The lowest BCUT2D eigenvalue weighted by Gasteiger charge is -2.15. The van der Waals surface area contributed by atoms with Crippen molar-refractivity contribution in [3.63, 3.8) is 0 Å². The summed E-state index contributed by atoms with van der Waals surface area (Å²) >= 11 is 0. The number of nitrogens with one attached hydrogen (secondary N) is 1. The molecule has 0 spiro atoms. The summed E-state index contributed by atoms with van der Waals surface area (Å²) < 4.78 is 15.7. The molecule has 0 aliphatic rings. The molecule has 0 fully saturated rings. The minimum atomic E-state index is -0.186. The topological polar surface area (TPSA) is 82.8 Å². The van der Waals surface area contributed by atoms with Crippen LogP contribution in [-0.2, 0) is 16.0 Å². The number of hydrogen-bond acceptors (Lipinski definition) is 5. The Morgan fingerprint density at radius 3 is 2.76 bits per heavy atom. The van der Waals surface area contributed by atoms with Crippen LogP contribution in [0.2, 0.25) is 0 Å². The number of benzene rings is 1. The van der Waals surface area contributed by atoms with Gasteiger partial charge in [0.1, 0.15) is 11.5 Å². The molecule has 0 heterocycles. The third-order valence-electron chi connectivity index (χ3n) is 2.86. The summed E-state index contributed by atoms with van der Waals surface area (Å²) in [5.74, 6) is 1.20. The molecule has 1 atom stereocenters. The van der Waals surface area contributed by atoms with Crippen molar-refractivity contribution in [2.45, 2.75) is 19.4 Å². The van der Waals surface area contributed by atoms with Crippen molar-refractivity contribution in [3.05, 3.63) is 23.8 Å². The van der Waals surface area contributed by atoms with Crippen LogP contribution in [0.15, 0.2) is 18.2 Å². The van der Waals surface area contributed by atoms with Crippen LogP contribution in [0.25, 0.3) is 0 Å². The zero-order valence-corrected chi connectivity index (χ0v) is 12.8. The second kappa shape index (κ2) is 9.20. The first kappa shape index (κ1) is 17.3. The fourth-order valence-corrected chi connectivity index (χ4v) is 1.93. The molecule has 0 aliphatic heterocycles. The lowest BCUT2D eigenvalue weighted by molar-refractivity contribution is -0.124.